The molecule has 12 rings (SSSR count). The van der Waals surface area contributed by atoms with E-state index < -0.39 is 136 Å². The maximum absolute atomic E-state index is 15.6. The average Bonchev–Trinajstić information content (AvgIpc) is 1.62. The molecule has 1 amide bonds. The second-order valence-electron chi connectivity index (χ2n) is 26.0. The fraction of sp³-hybridized carbons (Fsp3) is 0.507. The number of carbonyl (C=O) groups excluding carboxylic acids is 4. The lowest BCUT2D eigenvalue weighted by atomic mass is 9.96. The van der Waals surface area contributed by atoms with E-state index in [2.05, 4.69) is 31.8 Å². The average molecular weight is 1580 g/mol. The van der Waals surface area contributed by atoms with Crippen LogP contribution in [0.4, 0.5) is 8.78 Å². The summed E-state index contributed by atoms with van der Waals surface area (Å²) in [6.45, 7) is 11.7. The van der Waals surface area contributed by atoms with Gasteiger partial charge in [-0.1, -0.05) is 61.2 Å². The molecule has 3 aliphatic carbocycles. The monoisotopic (exact) mass is 1570 g/mol. The standard InChI is InChI=1S/C25H32FN2O8P.C22H27FN3O7PS.C22H28N3O7PS/c1-16-12-13-28(21(29)14-16)24-25(3,26)22(30)20(35-24)15-33-37(32,36-19-8-5-4-6-9-19)27-17(2)23(31)34-18-10-7-11-18;1-14-18(23)11-26(22(28)24-14)19-13-35-20(32-19)12-30-34(29,33-17-7-4-3-5-8-17)25-15(2)21(27)31-16-9-6-10-16;1-15-11-12-25(22(27)23-15)19-14-34-20(31-19)13-29-33(28,32-18-7-4-3-5-8-18)24-16(2)21(26)30-17-9-6-10-17/h4-6,8-9,12-13,17-18,20,22,24,30H,1,7,10-11,14-15H2,2-3H3,(H,27,32);3-5,7-8,11,15-16,19-20H,6,9-10,12-13H2,1-2H3,(H,25,29);3-5,7-8,11-12,16-17,19-20H,6,9-10,13-14H2,1-2H3,(H,24,28)/t17-,20+,22+,24+,25+,37-;15-,19-,20+,34-;16-,19-,20+,33-/m000/s1. The number of nitrogens with one attached hydrogen (secondary N) is 3. The molecular formula is C69H87F2N8O22P3S2. The number of thioether (sulfide) groups is 2. The number of aryl methyl sites for hydroxylation is 2. The fourth-order valence-electron chi connectivity index (χ4n) is 10.7. The number of esters is 3. The van der Waals surface area contributed by atoms with Crippen LogP contribution in [0.15, 0.2) is 143 Å². The number of hydrogen-bond donors (Lipinski definition) is 4. The Morgan fingerprint density at radius 1 is 0.632 bits per heavy atom. The lowest BCUT2D eigenvalue weighted by molar-refractivity contribution is -0.155. The number of aromatic nitrogens is 4. The van der Waals surface area contributed by atoms with E-state index in [1.807, 2.05) is 0 Å². The number of hydrogen-bond acceptors (Lipinski definition) is 26. The first-order valence-electron chi connectivity index (χ1n) is 34.5. The molecular weight excluding hydrogens is 1490 g/mol. The molecule has 576 valence electrons. The Hall–Kier alpha value is -6.97. The van der Waals surface area contributed by atoms with Crippen molar-refractivity contribution in [2.24, 2.45) is 0 Å². The Morgan fingerprint density at radius 3 is 1.43 bits per heavy atom. The van der Waals surface area contributed by atoms with Crippen molar-refractivity contribution in [2.75, 3.05) is 31.3 Å². The molecule has 0 bridgehead atoms. The van der Waals surface area contributed by atoms with Crippen LogP contribution in [0.25, 0.3) is 0 Å². The number of halogens is 2. The molecule has 7 aliphatic rings. The molecule has 6 heterocycles. The summed E-state index contributed by atoms with van der Waals surface area (Å²) in [6.07, 6.45) is 7.36. The summed E-state index contributed by atoms with van der Waals surface area (Å²) in [7, 11) is -12.3. The van der Waals surface area contributed by atoms with Crippen molar-refractivity contribution < 1.29 is 102 Å². The van der Waals surface area contributed by atoms with Gasteiger partial charge in [0.1, 0.15) is 89.2 Å². The Kier molecular flexibility index (Phi) is 28.4. The van der Waals surface area contributed by atoms with E-state index in [0.29, 0.717) is 28.5 Å². The van der Waals surface area contributed by atoms with Gasteiger partial charge in [-0.05, 0) is 153 Å². The minimum atomic E-state index is -4.25. The van der Waals surface area contributed by atoms with Gasteiger partial charge in [0.05, 0.1) is 31.9 Å². The van der Waals surface area contributed by atoms with Crippen molar-refractivity contribution in [3.8, 4) is 17.2 Å². The van der Waals surface area contributed by atoms with E-state index >= 15 is 4.39 Å². The Morgan fingerprint density at radius 2 is 1.04 bits per heavy atom. The minimum absolute atomic E-state index is 0.00631. The van der Waals surface area contributed by atoms with Crippen molar-refractivity contribution in [1.82, 2.24) is 39.3 Å². The zero-order chi connectivity index (χ0) is 75.9. The smallest absolute Gasteiger partial charge is 0.459 e. The van der Waals surface area contributed by atoms with Crippen molar-refractivity contribution in [3.63, 3.8) is 0 Å². The summed E-state index contributed by atoms with van der Waals surface area (Å²) in [5, 5.41) is 18.5. The molecule has 0 radical (unpaired) electrons. The summed E-state index contributed by atoms with van der Waals surface area (Å²) in [4.78, 5) is 82.6. The second kappa shape index (κ2) is 37.0. The summed E-state index contributed by atoms with van der Waals surface area (Å²) in [5.74, 6) is -1.09. The van der Waals surface area contributed by atoms with E-state index in [-0.39, 0.29) is 55.1 Å². The molecule has 37 heteroatoms. The Labute approximate surface area is 619 Å². The third-order valence-corrected chi connectivity index (χ3v) is 24.6. The third-order valence-electron chi connectivity index (χ3n) is 17.4. The normalized spacial score (nSPS) is 25.5. The SMILES string of the molecule is C=C1C=CN([C@@H]2O[C@H](CO[P@@](=O)(N[C@@H](C)C(=O)OC3CCC3)Oc3ccccc3)[C@@H](O)[C@@]2(C)F)C(=O)C1.Cc1ccn([C@@H]2CS[C@H](CO[P@@](=O)(N[C@@H](C)C(=O)OC3CCC3)Oc3ccccc3)O2)c(=O)n1.Cc1nc(=O)n([C@@H]2CS[C@H](CO[P@@](=O)(N[C@@H](C)C(=O)OC3CCC3)Oc3ccccc3)O2)cc1F. The molecule has 3 saturated carbocycles. The highest BCUT2D eigenvalue weighted by molar-refractivity contribution is 8.00. The zero-order valence-corrected chi connectivity index (χ0v) is 63.4. The van der Waals surface area contributed by atoms with E-state index in [9.17, 15) is 52.0 Å². The highest BCUT2D eigenvalue weighted by atomic mass is 32.2. The number of aliphatic hydroxyl groups excluding tert-OH is 1. The summed E-state index contributed by atoms with van der Waals surface area (Å²) in [5.41, 5.74) is -3.30. The van der Waals surface area contributed by atoms with E-state index in [0.717, 1.165) is 80.4 Å². The number of benzene rings is 3. The largest absolute Gasteiger partial charge is 0.461 e. The second-order valence-corrected chi connectivity index (χ2v) is 33.5. The summed E-state index contributed by atoms with van der Waals surface area (Å²) in [6, 6.07) is 24.0. The fourth-order valence-corrected chi connectivity index (χ4v) is 17.4. The molecule has 14 atom stereocenters. The lowest BCUT2D eigenvalue weighted by Crippen LogP contribution is -2.51. The van der Waals surface area contributed by atoms with Crippen LogP contribution in [-0.2, 0) is 74.9 Å². The molecule has 6 fully saturated rings. The first-order chi connectivity index (χ1) is 50.5. The summed E-state index contributed by atoms with van der Waals surface area (Å²) >= 11 is 2.72. The van der Waals surface area contributed by atoms with Gasteiger partial charge in [-0.25, -0.2) is 32.1 Å². The van der Waals surface area contributed by atoms with Gasteiger partial charge in [-0.3, -0.25) is 46.8 Å². The zero-order valence-electron chi connectivity index (χ0n) is 59.0. The van der Waals surface area contributed by atoms with Crippen LogP contribution in [0.2, 0.25) is 0 Å². The van der Waals surface area contributed by atoms with Gasteiger partial charge in [0, 0.05) is 35.8 Å². The van der Waals surface area contributed by atoms with Gasteiger partial charge in [0.15, 0.2) is 17.7 Å². The van der Waals surface area contributed by atoms with Crippen LogP contribution in [0.5, 0.6) is 17.2 Å². The third kappa shape index (κ3) is 22.6. The molecule has 2 aromatic heterocycles. The van der Waals surface area contributed by atoms with Gasteiger partial charge < -0.3 is 47.1 Å². The molecule has 0 unspecified atom stereocenters. The molecule has 5 aromatic rings. The topological polar surface area (TPSA) is 360 Å². The lowest BCUT2D eigenvalue weighted by Gasteiger charge is -2.33. The minimum Gasteiger partial charge on any atom is -0.461 e. The van der Waals surface area contributed by atoms with Crippen LogP contribution in [0.3, 0.4) is 0 Å². The van der Waals surface area contributed by atoms with E-state index in [1.54, 1.807) is 123 Å². The van der Waals surface area contributed by atoms with Crippen molar-refractivity contribution in [3.05, 3.63) is 172 Å². The number of alkyl halides is 1. The van der Waals surface area contributed by atoms with Gasteiger partial charge in [-0.2, -0.15) is 25.2 Å². The van der Waals surface area contributed by atoms with Gasteiger partial charge in [-0.15, -0.1) is 23.5 Å². The molecule has 0 spiro atoms. The molecule has 4 aliphatic heterocycles. The number of nitrogens with zero attached hydrogens (tertiary/aromatic N) is 5. The van der Waals surface area contributed by atoms with Crippen LogP contribution >= 0.6 is 46.8 Å². The maximum atomic E-state index is 15.6. The number of amides is 1. The predicted molar refractivity (Wildman–Crippen MR) is 384 cm³/mol. The highest BCUT2D eigenvalue weighted by Gasteiger charge is 2.58. The Bertz CT molecular complexity index is 4170. The molecule has 30 nitrogen and oxygen atoms in total. The van der Waals surface area contributed by atoms with E-state index in [1.165, 1.54) is 55.1 Å². The molecule has 106 heavy (non-hydrogen) atoms. The van der Waals surface area contributed by atoms with Crippen LogP contribution in [0.1, 0.15) is 116 Å². The molecule has 3 aromatic carbocycles. The van der Waals surface area contributed by atoms with Crippen molar-refractivity contribution in [1.29, 1.82) is 0 Å². The number of allylic oxidation sites excluding steroid dienone is 1. The van der Waals surface area contributed by atoms with Gasteiger partial charge in [0.25, 0.3) is 0 Å². The Balaban J connectivity index is 0.000000170. The first kappa shape index (κ1) is 81.5. The number of carbonyl (C=O) groups is 4. The highest BCUT2D eigenvalue weighted by Crippen LogP contribution is 2.50. The van der Waals surface area contributed by atoms with Gasteiger partial charge >= 0.3 is 52.5 Å². The van der Waals surface area contributed by atoms with Crippen molar-refractivity contribution in [2.45, 2.75) is 190 Å². The van der Waals surface area contributed by atoms with E-state index in [4.69, 9.17) is 55.6 Å². The van der Waals surface area contributed by atoms with Crippen LogP contribution in [0, 0.1) is 19.7 Å². The number of ether oxygens (including phenoxy) is 6. The number of para-hydroxylation sites is 3. The van der Waals surface area contributed by atoms with Crippen LogP contribution < -0.4 is 40.2 Å². The number of rotatable bonds is 30. The van der Waals surface area contributed by atoms with Crippen molar-refractivity contribution >= 4 is 70.6 Å². The maximum Gasteiger partial charge on any atom is 0.459 e. The first-order valence-corrected chi connectivity index (χ1v) is 41.2. The van der Waals surface area contributed by atoms with Gasteiger partial charge in [0.2, 0.25) is 5.91 Å². The quantitative estimate of drug-likeness (QED) is 0.0188. The number of aliphatic hydroxyl groups is 1. The predicted octanol–water partition coefficient (Wildman–Crippen LogP) is 10.4. The molecule has 3 saturated heterocycles. The molecule has 4 N–H and O–H groups in total. The summed E-state index contributed by atoms with van der Waals surface area (Å²) < 4.78 is 140. The van der Waals surface area contributed by atoms with Crippen LogP contribution in [-0.4, -0.2) is 156 Å².